The maximum Gasteiger partial charge on any atom is 0.101 e. The van der Waals surface area contributed by atoms with Crippen LogP contribution in [0.4, 0.5) is 0 Å². The Labute approximate surface area is 97.3 Å². The number of aliphatic hydroxyl groups excluding tert-OH is 2. The van der Waals surface area contributed by atoms with Crippen molar-refractivity contribution in [3.8, 4) is 0 Å². The van der Waals surface area contributed by atoms with Gasteiger partial charge in [0.25, 0.3) is 0 Å². The molecule has 0 amide bonds. The second kappa shape index (κ2) is 8.90. The van der Waals surface area contributed by atoms with Crippen molar-refractivity contribution < 1.29 is 24.4 Å². The summed E-state index contributed by atoms with van der Waals surface area (Å²) < 4.78 is 15.6. The fourth-order valence-corrected chi connectivity index (χ4v) is 0.898. The van der Waals surface area contributed by atoms with E-state index >= 15 is 0 Å². The van der Waals surface area contributed by atoms with Crippen LogP contribution in [0.15, 0.2) is 0 Å². The van der Waals surface area contributed by atoms with Crippen LogP contribution in [0.25, 0.3) is 0 Å². The standard InChI is InChI=1S/C11H24O5/c1-11(2,3)16-9-10(13)8-15-7-6-14-5-4-12/h10,12-13H,4-9H2,1-3H3. The van der Waals surface area contributed by atoms with Gasteiger partial charge in [-0.25, -0.2) is 0 Å². The van der Waals surface area contributed by atoms with Gasteiger partial charge in [0.1, 0.15) is 6.10 Å². The van der Waals surface area contributed by atoms with Crippen molar-refractivity contribution in [2.45, 2.75) is 32.5 Å². The minimum absolute atomic E-state index is 0.0159. The summed E-state index contributed by atoms with van der Waals surface area (Å²) in [4.78, 5) is 0. The van der Waals surface area contributed by atoms with Gasteiger partial charge in [-0.05, 0) is 20.8 Å². The van der Waals surface area contributed by atoms with Crippen LogP contribution in [-0.2, 0) is 14.2 Å². The summed E-state index contributed by atoms with van der Waals surface area (Å²) >= 11 is 0. The van der Waals surface area contributed by atoms with E-state index in [2.05, 4.69) is 0 Å². The molecule has 98 valence electrons. The highest BCUT2D eigenvalue weighted by Gasteiger charge is 2.13. The lowest BCUT2D eigenvalue weighted by molar-refractivity contribution is -0.0759. The molecule has 0 saturated heterocycles. The van der Waals surface area contributed by atoms with Crippen LogP contribution in [-0.4, -0.2) is 61.6 Å². The van der Waals surface area contributed by atoms with Gasteiger partial charge in [0.2, 0.25) is 0 Å². The predicted molar refractivity (Wildman–Crippen MR) is 60.4 cm³/mol. The van der Waals surface area contributed by atoms with E-state index in [0.29, 0.717) is 19.8 Å². The van der Waals surface area contributed by atoms with E-state index in [1.165, 1.54) is 0 Å². The lowest BCUT2D eigenvalue weighted by Gasteiger charge is -2.21. The minimum Gasteiger partial charge on any atom is -0.394 e. The molecule has 0 aromatic rings. The van der Waals surface area contributed by atoms with Crippen LogP contribution in [0, 0.1) is 0 Å². The predicted octanol–water partition coefficient (Wildman–Crippen LogP) is 0.188. The van der Waals surface area contributed by atoms with Crippen molar-refractivity contribution in [1.29, 1.82) is 0 Å². The van der Waals surface area contributed by atoms with Gasteiger partial charge in [-0.3, -0.25) is 0 Å². The molecule has 0 aromatic carbocycles. The lowest BCUT2D eigenvalue weighted by atomic mass is 10.2. The van der Waals surface area contributed by atoms with Gasteiger partial charge < -0.3 is 24.4 Å². The van der Waals surface area contributed by atoms with Gasteiger partial charge in [-0.2, -0.15) is 0 Å². The van der Waals surface area contributed by atoms with E-state index in [1.54, 1.807) is 0 Å². The first-order valence-corrected chi connectivity index (χ1v) is 5.54. The Bertz CT molecular complexity index is 155. The number of rotatable bonds is 9. The highest BCUT2D eigenvalue weighted by atomic mass is 16.5. The summed E-state index contributed by atoms with van der Waals surface area (Å²) in [6.07, 6.45) is -0.614. The van der Waals surface area contributed by atoms with E-state index in [-0.39, 0.29) is 25.4 Å². The summed E-state index contributed by atoms with van der Waals surface area (Å²) in [7, 11) is 0. The molecule has 0 aliphatic carbocycles. The van der Waals surface area contributed by atoms with Gasteiger partial charge in [0.15, 0.2) is 0 Å². The second-order valence-corrected chi connectivity index (χ2v) is 4.49. The summed E-state index contributed by atoms with van der Waals surface area (Å²) in [5.74, 6) is 0. The van der Waals surface area contributed by atoms with E-state index in [9.17, 15) is 5.11 Å². The Morgan fingerprint density at radius 3 is 2.19 bits per heavy atom. The molecule has 0 aliphatic rings. The summed E-state index contributed by atoms with van der Waals surface area (Å²) in [5, 5.41) is 17.9. The summed E-state index contributed by atoms with van der Waals surface area (Å²) in [6.45, 7) is 7.47. The van der Waals surface area contributed by atoms with E-state index in [1.807, 2.05) is 20.8 Å². The van der Waals surface area contributed by atoms with Crippen LogP contribution in [0.3, 0.4) is 0 Å². The Kier molecular flexibility index (Phi) is 8.78. The smallest absolute Gasteiger partial charge is 0.101 e. The highest BCUT2D eigenvalue weighted by Crippen LogP contribution is 2.06. The number of ether oxygens (including phenoxy) is 3. The largest absolute Gasteiger partial charge is 0.394 e. The third-order valence-electron chi connectivity index (χ3n) is 1.63. The third kappa shape index (κ3) is 11.9. The maximum atomic E-state index is 9.48. The van der Waals surface area contributed by atoms with E-state index in [4.69, 9.17) is 19.3 Å². The molecule has 0 fully saturated rings. The molecule has 0 aliphatic heterocycles. The van der Waals surface area contributed by atoms with Crippen molar-refractivity contribution in [3.05, 3.63) is 0 Å². The quantitative estimate of drug-likeness (QED) is 0.559. The zero-order valence-electron chi connectivity index (χ0n) is 10.4. The first kappa shape index (κ1) is 15.8. The molecule has 1 unspecified atom stereocenters. The van der Waals surface area contributed by atoms with Gasteiger partial charge in [-0.1, -0.05) is 0 Å². The number of hydrogen-bond donors (Lipinski definition) is 2. The average Bonchev–Trinajstić information content (AvgIpc) is 2.19. The molecule has 0 aromatic heterocycles. The van der Waals surface area contributed by atoms with Crippen LogP contribution in [0.1, 0.15) is 20.8 Å². The molecular formula is C11H24O5. The van der Waals surface area contributed by atoms with Gasteiger partial charge in [-0.15, -0.1) is 0 Å². The number of aliphatic hydroxyl groups is 2. The van der Waals surface area contributed by atoms with Crippen molar-refractivity contribution >= 4 is 0 Å². The molecular weight excluding hydrogens is 212 g/mol. The molecule has 1 atom stereocenters. The van der Waals surface area contributed by atoms with E-state index in [0.717, 1.165) is 0 Å². The van der Waals surface area contributed by atoms with Crippen LogP contribution in [0.2, 0.25) is 0 Å². The summed E-state index contributed by atoms with van der Waals surface area (Å²) in [6, 6.07) is 0. The molecule has 0 bridgehead atoms. The molecule has 0 rings (SSSR count). The summed E-state index contributed by atoms with van der Waals surface area (Å²) in [5.41, 5.74) is -0.245. The van der Waals surface area contributed by atoms with Crippen molar-refractivity contribution in [2.75, 3.05) is 39.6 Å². The molecule has 0 radical (unpaired) electrons. The van der Waals surface area contributed by atoms with Crippen molar-refractivity contribution in [1.82, 2.24) is 0 Å². The molecule has 0 saturated carbocycles. The molecule has 5 nitrogen and oxygen atoms in total. The third-order valence-corrected chi connectivity index (χ3v) is 1.63. The second-order valence-electron chi connectivity index (χ2n) is 4.49. The Hall–Kier alpha value is -0.200. The average molecular weight is 236 g/mol. The maximum absolute atomic E-state index is 9.48. The molecule has 16 heavy (non-hydrogen) atoms. The topological polar surface area (TPSA) is 68.2 Å². The van der Waals surface area contributed by atoms with Crippen LogP contribution < -0.4 is 0 Å². The van der Waals surface area contributed by atoms with Crippen LogP contribution >= 0.6 is 0 Å². The molecule has 0 heterocycles. The van der Waals surface area contributed by atoms with Crippen molar-refractivity contribution in [3.63, 3.8) is 0 Å². The highest BCUT2D eigenvalue weighted by molar-refractivity contribution is 4.61. The Morgan fingerprint density at radius 1 is 1.00 bits per heavy atom. The molecule has 0 spiro atoms. The van der Waals surface area contributed by atoms with Gasteiger partial charge >= 0.3 is 0 Å². The minimum atomic E-state index is -0.614. The zero-order chi connectivity index (χ0) is 12.4. The Balaban J connectivity index is 3.27. The zero-order valence-corrected chi connectivity index (χ0v) is 10.4. The van der Waals surface area contributed by atoms with E-state index < -0.39 is 6.10 Å². The van der Waals surface area contributed by atoms with Gasteiger partial charge in [0.05, 0.1) is 45.2 Å². The Morgan fingerprint density at radius 2 is 1.62 bits per heavy atom. The molecule has 2 N–H and O–H groups in total. The monoisotopic (exact) mass is 236 g/mol. The fourth-order valence-electron chi connectivity index (χ4n) is 0.898. The van der Waals surface area contributed by atoms with Crippen LogP contribution in [0.5, 0.6) is 0 Å². The normalized spacial score (nSPS) is 14.1. The van der Waals surface area contributed by atoms with Crippen molar-refractivity contribution in [2.24, 2.45) is 0 Å². The molecule has 5 heteroatoms. The number of hydrogen-bond acceptors (Lipinski definition) is 5. The lowest BCUT2D eigenvalue weighted by Crippen LogP contribution is -2.29. The SMILES string of the molecule is CC(C)(C)OCC(O)COCCOCCO. The fraction of sp³-hybridized carbons (Fsp3) is 1.00. The first-order chi connectivity index (χ1) is 7.45. The van der Waals surface area contributed by atoms with Gasteiger partial charge in [0, 0.05) is 0 Å². The first-order valence-electron chi connectivity index (χ1n) is 5.54.